The molecule has 0 aliphatic rings. The third-order valence-corrected chi connectivity index (χ3v) is 2.54. The first kappa shape index (κ1) is 14.8. The Hall–Kier alpha value is -2.57. The molecule has 0 saturated carbocycles. The Bertz CT molecular complexity index is 556. The number of aryl methyl sites for hydroxylation is 1. The van der Waals surface area contributed by atoms with E-state index in [4.69, 9.17) is 14.0 Å². The number of amides is 1. The summed E-state index contributed by atoms with van der Waals surface area (Å²) in [6.45, 7) is 2.78. The van der Waals surface area contributed by atoms with E-state index in [-0.39, 0.29) is 12.7 Å². The minimum Gasteiger partial charge on any atom is -0.449 e. The highest BCUT2D eigenvalue weighted by molar-refractivity contribution is 5.67. The molecular formula is C14H17N3O4. The molecule has 0 aliphatic heterocycles. The Balaban J connectivity index is 1.53. The van der Waals surface area contributed by atoms with Crippen LogP contribution in [0.4, 0.5) is 4.79 Å². The number of aromatic nitrogens is 2. The van der Waals surface area contributed by atoms with E-state index in [1.807, 2.05) is 30.3 Å². The quantitative estimate of drug-likeness (QED) is 0.786. The van der Waals surface area contributed by atoms with Crippen LogP contribution in [0.25, 0.3) is 0 Å². The van der Waals surface area contributed by atoms with Gasteiger partial charge in [-0.1, -0.05) is 35.5 Å². The Morgan fingerprint density at radius 1 is 1.33 bits per heavy atom. The Labute approximate surface area is 122 Å². The van der Waals surface area contributed by atoms with Crippen LogP contribution < -0.4 is 10.1 Å². The van der Waals surface area contributed by atoms with E-state index in [0.29, 0.717) is 25.4 Å². The lowest BCUT2D eigenvalue weighted by atomic mass is 10.2. The summed E-state index contributed by atoms with van der Waals surface area (Å²) in [6.07, 6.45) is 0.300. The number of ether oxygens (including phenoxy) is 2. The number of nitrogens with zero attached hydrogens (tertiary/aromatic N) is 2. The van der Waals surface area contributed by atoms with Gasteiger partial charge in [-0.25, -0.2) is 4.79 Å². The first-order chi connectivity index (χ1) is 10.2. The smallest absolute Gasteiger partial charge is 0.417 e. The predicted molar refractivity (Wildman–Crippen MR) is 73.8 cm³/mol. The molecule has 1 heterocycles. The fourth-order valence-corrected chi connectivity index (χ4v) is 1.53. The fraction of sp³-hybridized carbons (Fsp3) is 0.357. The summed E-state index contributed by atoms with van der Waals surface area (Å²) in [7, 11) is 0. The van der Waals surface area contributed by atoms with Crippen LogP contribution in [0.5, 0.6) is 6.08 Å². The number of hydrogen-bond donors (Lipinski definition) is 1. The molecular weight excluding hydrogens is 274 g/mol. The Morgan fingerprint density at radius 2 is 2.14 bits per heavy atom. The third kappa shape index (κ3) is 5.52. The maximum absolute atomic E-state index is 11.4. The second-order valence-electron chi connectivity index (χ2n) is 4.30. The van der Waals surface area contributed by atoms with E-state index in [0.717, 1.165) is 5.56 Å². The van der Waals surface area contributed by atoms with E-state index in [1.165, 1.54) is 0 Å². The van der Waals surface area contributed by atoms with Gasteiger partial charge in [-0.15, -0.1) is 0 Å². The van der Waals surface area contributed by atoms with Gasteiger partial charge in [-0.05, 0) is 18.9 Å². The van der Waals surface area contributed by atoms with Gasteiger partial charge in [-0.2, -0.15) is 4.98 Å². The summed E-state index contributed by atoms with van der Waals surface area (Å²) < 4.78 is 15.1. The van der Waals surface area contributed by atoms with Crippen LogP contribution in [0, 0.1) is 6.92 Å². The third-order valence-electron chi connectivity index (χ3n) is 2.54. The molecule has 112 valence electrons. The first-order valence-electron chi connectivity index (χ1n) is 6.62. The molecule has 1 aromatic heterocycles. The molecule has 7 nitrogen and oxygen atoms in total. The Morgan fingerprint density at radius 3 is 2.86 bits per heavy atom. The number of nitrogens with one attached hydrogen (secondary N) is 1. The topological polar surface area (TPSA) is 86.5 Å². The van der Waals surface area contributed by atoms with Gasteiger partial charge in [0.25, 0.3) is 0 Å². The number of alkyl carbamates (subject to hydrolysis) is 1. The number of carbonyl (C=O) groups is 1. The molecule has 0 spiro atoms. The minimum atomic E-state index is -0.451. The average Bonchev–Trinajstić information content (AvgIpc) is 2.91. The van der Waals surface area contributed by atoms with Crippen molar-refractivity contribution >= 4 is 6.09 Å². The number of rotatable bonds is 7. The molecule has 0 atom stereocenters. The minimum absolute atomic E-state index is 0.138. The molecule has 2 aromatic rings. The molecule has 0 saturated heterocycles. The zero-order valence-electron chi connectivity index (χ0n) is 11.7. The molecule has 21 heavy (non-hydrogen) atoms. The van der Waals surface area contributed by atoms with Crippen LogP contribution in [0.1, 0.15) is 17.8 Å². The molecule has 0 unspecified atom stereocenters. The highest BCUT2D eigenvalue weighted by Gasteiger charge is 2.04. The molecule has 0 bridgehead atoms. The maximum Gasteiger partial charge on any atom is 0.417 e. The summed E-state index contributed by atoms with van der Waals surface area (Å²) in [4.78, 5) is 15.3. The van der Waals surface area contributed by atoms with Crippen molar-refractivity contribution in [1.82, 2.24) is 15.5 Å². The lowest BCUT2D eigenvalue weighted by molar-refractivity contribution is 0.138. The van der Waals surface area contributed by atoms with Gasteiger partial charge in [0.15, 0.2) is 5.82 Å². The van der Waals surface area contributed by atoms with Crippen molar-refractivity contribution in [1.29, 1.82) is 0 Å². The highest BCUT2D eigenvalue weighted by Crippen LogP contribution is 2.05. The SMILES string of the molecule is Cc1noc(OCCCNC(=O)OCc2ccccc2)n1. The number of carbonyl (C=O) groups excluding carboxylic acids is 1. The van der Waals surface area contributed by atoms with Crippen molar-refractivity contribution in [2.75, 3.05) is 13.2 Å². The zero-order chi connectivity index (χ0) is 14.9. The molecule has 7 heteroatoms. The van der Waals surface area contributed by atoms with Gasteiger partial charge >= 0.3 is 12.2 Å². The fourth-order valence-electron chi connectivity index (χ4n) is 1.53. The zero-order valence-corrected chi connectivity index (χ0v) is 11.7. The van der Waals surface area contributed by atoms with E-state index < -0.39 is 6.09 Å². The monoisotopic (exact) mass is 291 g/mol. The van der Waals surface area contributed by atoms with Crippen molar-refractivity contribution in [2.24, 2.45) is 0 Å². The second kappa shape index (κ2) is 7.88. The van der Waals surface area contributed by atoms with Crippen molar-refractivity contribution < 1.29 is 18.8 Å². The van der Waals surface area contributed by atoms with E-state index in [2.05, 4.69) is 15.5 Å². The second-order valence-corrected chi connectivity index (χ2v) is 4.30. The molecule has 0 fully saturated rings. The highest BCUT2D eigenvalue weighted by atomic mass is 16.6. The predicted octanol–water partition coefficient (Wildman–Crippen LogP) is 2.07. The van der Waals surface area contributed by atoms with Crippen molar-refractivity contribution in [3.8, 4) is 6.08 Å². The van der Waals surface area contributed by atoms with Gasteiger partial charge < -0.3 is 14.8 Å². The van der Waals surface area contributed by atoms with Crippen LogP contribution in [-0.4, -0.2) is 29.4 Å². The largest absolute Gasteiger partial charge is 0.449 e. The van der Waals surface area contributed by atoms with Crippen LogP contribution >= 0.6 is 0 Å². The molecule has 1 N–H and O–H groups in total. The van der Waals surface area contributed by atoms with Gasteiger partial charge in [0.2, 0.25) is 0 Å². The van der Waals surface area contributed by atoms with E-state index in [1.54, 1.807) is 6.92 Å². The van der Waals surface area contributed by atoms with Crippen molar-refractivity contribution in [3.63, 3.8) is 0 Å². The molecule has 1 amide bonds. The molecule has 0 aliphatic carbocycles. The number of hydrogen-bond acceptors (Lipinski definition) is 6. The van der Waals surface area contributed by atoms with Gasteiger partial charge in [0, 0.05) is 6.54 Å². The van der Waals surface area contributed by atoms with Crippen LogP contribution in [0.15, 0.2) is 34.9 Å². The first-order valence-corrected chi connectivity index (χ1v) is 6.62. The summed E-state index contributed by atoms with van der Waals surface area (Å²) >= 11 is 0. The Kier molecular flexibility index (Phi) is 5.57. The van der Waals surface area contributed by atoms with Gasteiger partial charge in [0.05, 0.1) is 6.61 Å². The van der Waals surface area contributed by atoms with Gasteiger partial charge in [0.1, 0.15) is 6.61 Å². The van der Waals surface area contributed by atoms with E-state index >= 15 is 0 Å². The van der Waals surface area contributed by atoms with Crippen LogP contribution in [-0.2, 0) is 11.3 Å². The lowest BCUT2D eigenvalue weighted by Gasteiger charge is -2.06. The molecule has 0 radical (unpaired) electrons. The summed E-state index contributed by atoms with van der Waals surface area (Å²) in [5, 5.41) is 6.23. The standard InChI is InChI=1S/C14H17N3O4/c1-11-16-14(21-17-11)19-9-5-8-15-13(18)20-10-12-6-3-2-4-7-12/h2-4,6-7H,5,8-10H2,1H3,(H,15,18). The van der Waals surface area contributed by atoms with Crippen molar-refractivity contribution in [3.05, 3.63) is 41.7 Å². The normalized spacial score (nSPS) is 10.1. The summed E-state index contributed by atoms with van der Waals surface area (Å²) in [5.41, 5.74) is 0.947. The maximum atomic E-state index is 11.4. The van der Waals surface area contributed by atoms with Crippen LogP contribution in [0.2, 0.25) is 0 Å². The van der Waals surface area contributed by atoms with Crippen molar-refractivity contribution in [2.45, 2.75) is 20.0 Å². The van der Waals surface area contributed by atoms with Gasteiger partial charge in [-0.3, -0.25) is 4.52 Å². The lowest BCUT2D eigenvalue weighted by Crippen LogP contribution is -2.26. The van der Waals surface area contributed by atoms with Crippen LogP contribution in [0.3, 0.4) is 0 Å². The summed E-state index contributed by atoms with van der Waals surface area (Å²) in [6, 6.07) is 9.50. The number of benzene rings is 1. The molecule has 1 aromatic carbocycles. The average molecular weight is 291 g/mol. The molecule has 2 rings (SSSR count). The summed E-state index contributed by atoms with van der Waals surface area (Å²) in [5.74, 6) is 0.521. The van der Waals surface area contributed by atoms with E-state index in [9.17, 15) is 4.79 Å².